The summed E-state index contributed by atoms with van der Waals surface area (Å²) in [5.41, 5.74) is 0. The number of hydrogen-bond donors (Lipinski definition) is 3. The molecule has 0 fully saturated rings. The number of esters is 4. The average molecular weight is 1490 g/mol. The van der Waals surface area contributed by atoms with Crippen molar-refractivity contribution in [2.45, 2.75) is 458 Å². The molecule has 0 rings (SSSR count). The van der Waals surface area contributed by atoms with Gasteiger partial charge in [0.2, 0.25) is 0 Å². The van der Waals surface area contributed by atoms with Gasteiger partial charge in [-0.05, 0) is 37.5 Å². The Morgan fingerprint density at radius 3 is 0.667 bits per heavy atom. The number of ether oxygens (including phenoxy) is 4. The number of aliphatic hydroxyl groups excluding tert-OH is 1. The molecule has 0 aromatic heterocycles. The molecule has 0 heterocycles. The van der Waals surface area contributed by atoms with Crippen molar-refractivity contribution in [3.63, 3.8) is 0 Å². The molecule has 0 aromatic carbocycles. The minimum absolute atomic E-state index is 0.108. The van der Waals surface area contributed by atoms with E-state index in [0.717, 1.165) is 102 Å². The van der Waals surface area contributed by atoms with Crippen molar-refractivity contribution in [1.29, 1.82) is 0 Å². The summed E-state index contributed by atoms with van der Waals surface area (Å²) in [7, 11) is -9.92. The molecule has 0 aromatic rings. The van der Waals surface area contributed by atoms with Crippen molar-refractivity contribution in [1.82, 2.24) is 0 Å². The van der Waals surface area contributed by atoms with Crippen LogP contribution in [0.3, 0.4) is 0 Å². The van der Waals surface area contributed by atoms with Crippen LogP contribution in [0, 0.1) is 11.8 Å². The normalized spacial score (nSPS) is 13.9. The first-order chi connectivity index (χ1) is 49.4. The third kappa shape index (κ3) is 76.3. The van der Waals surface area contributed by atoms with Crippen LogP contribution in [0.25, 0.3) is 0 Å². The number of carbonyl (C=O) groups excluding carboxylic acids is 4. The summed E-state index contributed by atoms with van der Waals surface area (Å²) in [5.74, 6) is -0.510. The molecule has 17 nitrogen and oxygen atoms in total. The first-order valence-electron chi connectivity index (χ1n) is 43.0. The van der Waals surface area contributed by atoms with E-state index in [0.29, 0.717) is 25.7 Å². The number of carbonyl (C=O) groups is 4. The number of rotatable bonds is 82. The highest BCUT2D eigenvalue weighted by Gasteiger charge is 2.30. The van der Waals surface area contributed by atoms with E-state index in [9.17, 15) is 43.2 Å². The average Bonchev–Trinajstić information content (AvgIpc) is 0.912. The van der Waals surface area contributed by atoms with Crippen molar-refractivity contribution in [2.24, 2.45) is 11.8 Å². The highest BCUT2D eigenvalue weighted by Crippen LogP contribution is 2.45. The van der Waals surface area contributed by atoms with Gasteiger partial charge in [0.15, 0.2) is 12.2 Å². The molecule has 2 unspecified atom stereocenters. The molecule has 0 bridgehead atoms. The SMILES string of the molecule is CCCCCCCCCCCCCCCCCCCCC(=O)O[C@H](COC(=O)CCCCCCCCCCCCCCCCC(C)C)COP(=O)(O)OC[C@@H](O)COP(=O)(O)OC[C@@H](COC(=O)CCCCCCCCCCCC)OC(=O)CCCCCCCCCCCCCCCCC(C)C. The van der Waals surface area contributed by atoms with E-state index < -0.39 is 97.5 Å². The van der Waals surface area contributed by atoms with Crippen molar-refractivity contribution < 1.29 is 80.2 Å². The van der Waals surface area contributed by atoms with Gasteiger partial charge < -0.3 is 33.8 Å². The molecular formula is C83H162O17P2. The topological polar surface area (TPSA) is 237 Å². The predicted molar refractivity (Wildman–Crippen MR) is 418 cm³/mol. The summed E-state index contributed by atoms with van der Waals surface area (Å²) in [5, 5.41) is 10.7. The largest absolute Gasteiger partial charge is 0.472 e. The summed E-state index contributed by atoms with van der Waals surface area (Å²) in [6.07, 6.45) is 65.1. The molecular weight excluding hydrogens is 1330 g/mol. The maximum atomic E-state index is 13.1. The van der Waals surface area contributed by atoms with Gasteiger partial charge in [0.05, 0.1) is 26.4 Å². The van der Waals surface area contributed by atoms with Crippen molar-refractivity contribution in [3.8, 4) is 0 Å². The Hall–Kier alpha value is -1.94. The number of aliphatic hydroxyl groups is 1. The lowest BCUT2D eigenvalue weighted by Gasteiger charge is -2.21. The van der Waals surface area contributed by atoms with Crippen LogP contribution in [0.5, 0.6) is 0 Å². The van der Waals surface area contributed by atoms with Crippen LogP contribution in [-0.4, -0.2) is 96.7 Å². The summed E-state index contributed by atoms with van der Waals surface area (Å²) in [6, 6.07) is 0. The fraction of sp³-hybridized carbons (Fsp3) is 0.952. The Morgan fingerprint density at radius 1 is 0.265 bits per heavy atom. The second kappa shape index (κ2) is 74.5. The monoisotopic (exact) mass is 1490 g/mol. The molecule has 0 spiro atoms. The highest BCUT2D eigenvalue weighted by atomic mass is 31.2. The molecule has 3 N–H and O–H groups in total. The molecule has 0 aliphatic carbocycles. The van der Waals surface area contributed by atoms with Crippen LogP contribution in [0.2, 0.25) is 0 Å². The van der Waals surface area contributed by atoms with E-state index >= 15 is 0 Å². The van der Waals surface area contributed by atoms with Crippen molar-refractivity contribution >= 4 is 39.5 Å². The van der Waals surface area contributed by atoms with E-state index in [-0.39, 0.29) is 25.7 Å². The van der Waals surface area contributed by atoms with Crippen molar-refractivity contribution in [3.05, 3.63) is 0 Å². The van der Waals surface area contributed by atoms with Gasteiger partial charge in [-0.25, -0.2) is 9.13 Å². The zero-order chi connectivity index (χ0) is 74.9. The Labute approximate surface area is 626 Å². The van der Waals surface area contributed by atoms with E-state index in [2.05, 4.69) is 41.5 Å². The van der Waals surface area contributed by atoms with E-state index in [1.54, 1.807) is 0 Å². The van der Waals surface area contributed by atoms with Crippen LogP contribution >= 0.6 is 15.6 Å². The zero-order valence-electron chi connectivity index (χ0n) is 66.9. The third-order valence-electron chi connectivity index (χ3n) is 19.5. The summed E-state index contributed by atoms with van der Waals surface area (Å²) in [4.78, 5) is 73.1. The Kier molecular flexibility index (Phi) is 73.1. The molecule has 0 radical (unpaired) electrons. The van der Waals surface area contributed by atoms with Gasteiger partial charge in [0.1, 0.15) is 19.3 Å². The number of phosphoric ester groups is 2. The van der Waals surface area contributed by atoms with Crippen LogP contribution in [0.4, 0.5) is 0 Å². The number of unbranched alkanes of at least 4 members (excludes halogenated alkanes) is 52. The van der Waals surface area contributed by atoms with Crippen LogP contribution < -0.4 is 0 Å². The standard InChI is InChI=1S/C83H162O17P2/c1-7-9-11-13-15-17-19-20-21-22-23-24-32-37-43-49-55-61-67-82(87)100-79(72-94-81(86)66-60-54-48-42-36-31-27-25-29-34-39-45-51-57-63-75(3)4)74-98-102(91,92)96-70-77(84)69-95-101(89,90)97-73-78(71-93-80(85)65-59-53-47-41-18-16-14-12-10-8-2)99-83(88)68-62-56-50-44-38-33-28-26-30-35-40-46-52-58-64-76(5)6/h75-79,84H,7-74H2,1-6H3,(H,89,90)(H,91,92)/t77-,78+,79+/m0/s1. The second-order valence-electron chi connectivity index (χ2n) is 30.8. The molecule has 606 valence electrons. The lowest BCUT2D eigenvalue weighted by Crippen LogP contribution is -2.30. The molecule has 0 aliphatic heterocycles. The lowest BCUT2D eigenvalue weighted by molar-refractivity contribution is -0.161. The van der Waals surface area contributed by atoms with E-state index in [4.69, 9.17) is 37.0 Å². The van der Waals surface area contributed by atoms with Gasteiger partial charge >= 0.3 is 39.5 Å². The minimum atomic E-state index is -4.96. The lowest BCUT2D eigenvalue weighted by atomic mass is 10.0. The summed E-state index contributed by atoms with van der Waals surface area (Å²) >= 11 is 0. The van der Waals surface area contributed by atoms with Gasteiger partial charge in [-0.3, -0.25) is 37.3 Å². The smallest absolute Gasteiger partial charge is 0.462 e. The number of hydrogen-bond acceptors (Lipinski definition) is 15. The van der Waals surface area contributed by atoms with Gasteiger partial charge in [-0.15, -0.1) is 0 Å². The van der Waals surface area contributed by atoms with Crippen LogP contribution in [-0.2, 0) is 65.4 Å². The maximum Gasteiger partial charge on any atom is 0.472 e. The van der Waals surface area contributed by atoms with Crippen molar-refractivity contribution in [2.75, 3.05) is 39.6 Å². The Morgan fingerprint density at radius 2 is 0.451 bits per heavy atom. The zero-order valence-corrected chi connectivity index (χ0v) is 68.7. The quantitative estimate of drug-likeness (QED) is 0.0222. The first-order valence-corrected chi connectivity index (χ1v) is 46.0. The predicted octanol–water partition coefficient (Wildman–Crippen LogP) is 25.1. The summed E-state index contributed by atoms with van der Waals surface area (Å²) in [6.45, 7) is 9.69. The molecule has 19 heteroatoms. The van der Waals surface area contributed by atoms with Crippen LogP contribution in [0.15, 0.2) is 0 Å². The fourth-order valence-electron chi connectivity index (χ4n) is 12.9. The first kappa shape index (κ1) is 100. The third-order valence-corrected chi connectivity index (χ3v) is 21.4. The Balaban J connectivity index is 5.24. The molecule has 102 heavy (non-hydrogen) atoms. The molecule has 0 saturated carbocycles. The highest BCUT2D eigenvalue weighted by molar-refractivity contribution is 7.47. The molecule has 0 aliphatic rings. The van der Waals surface area contributed by atoms with Gasteiger partial charge in [0.25, 0.3) is 0 Å². The minimum Gasteiger partial charge on any atom is -0.462 e. The van der Waals surface area contributed by atoms with E-state index in [1.807, 2.05) is 0 Å². The fourth-order valence-corrected chi connectivity index (χ4v) is 14.5. The number of phosphoric acid groups is 2. The molecule has 0 saturated heterocycles. The van der Waals surface area contributed by atoms with Gasteiger partial charge in [-0.1, -0.05) is 388 Å². The van der Waals surface area contributed by atoms with Crippen LogP contribution in [0.1, 0.15) is 440 Å². The van der Waals surface area contributed by atoms with E-state index in [1.165, 1.54) is 257 Å². The molecule has 5 atom stereocenters. The molecule has 0 amide bonds. The Bertz CT molecular complexity index is 1960. The maximum absolute atomic E-state index is 13.1. The van der Waals surface area contributed by atoms with Gasteiger partial charge in [-0.2, -0.15) is 0 Å². The van der Waals surface area contributed by atoms with Gasteiger partial charge in [0, 0.05) is 25.7 Å². The second-order valence-corrected chi connectivity index (χ2v) is 33.7. The summed E-state index contributed by atoms with van der Waals surface area (Å²) < 4.78 is 68.8.